The lowest BCUT2D eigenvalue weighted by Gasteiger charge is -1.84. The SMILES string of the molecule is C=CCc1oc(=O)oc1C. The zero-order chi connectivity index (χ0) is 7.56. The van der Waals surface area contributed by atoms with Crippen LogP contribution < -0.4 is 5.82 Å². The van der Waals surface area contributed by atoms with E-state index in [1.54, 1.807) is 13.0 Å². The quantitative estimate of drug-likeness (QED) is 0.581. The number of hydrogen-bond acceptors (Lipinski definition) is 3. The van der Waals surface area contributed by atoms with Gasteiger partial charge in [0.1, 0.15) is 5.76 Å². The van der Waals surface area contributed by atoms with Crippen molar-refractivity contribution < 1.29 is 8.83 Å². The lowest BCUT2D eigenvalue weighted by Crippen LogP contribution is -1.86. The lowest BCUT2D eigenvalue weighted by molar-refractivity contribution is 0.371. The highest BCUT2D eigenvalue weighted by Gasteiger charge is 2.04. The average Bonchev–Trinajstić information content (AvgIpc) is 2.13. The highest BCUT2D eigenvalue weighted by molar-refractivity contribution is 5.04. The highest BCUT2D eigenvalue weighted by Crippen LogP contribution is 2.04. The van der Waals surface area contributed by atoms with Gasteiger partial charge in [0.05, 0.1) is 0 Å². The Hall–Kier alpha value is -1.25. The maximum Gasteiger partial charge on any atom is 0.519 e. The Labute approximate surface area is 58.0 Å². The van der Waals surface area contributed by atoms with Crippen LogP contribution in [0.3, 0.4) is 0 Å². The van der Waals surface area contributed by atoms with Gasteiger partial charge in [0, 0.05) is 6.42 Å². The minimum atomic E-state index is -0.644. The summed E-state index contributed by atoms with van der Waals surface area (Å²) in [6, 6.07) is 0. The second-order valence-electron chi connectivity index (χ2n) is 1.93. The molecule has 0 saturated heterocycles. The first kappa shape index (κ1) is 6.86. The summed E-state index contributed by atoms with van der Waals surface area (Å²) >= 11 is 0. The third kappa shape index (κ3) is 1.18. The van der Waals surface area contributed by atoms with Gasteiger partial charge < -0.3 is 8.83 Å². The predicted octanol–water partition coefficient (Wildman–Crippen LogP) is 1.27. The first-order chi connectivity index (χ1) is 4.74. The molecule has 0 radical (unpaired) electrons. The van der Waals surface area contributed by atoms with E-state index in [1.165, 1.54) is 0 Å². The molecule has 0 aromatic carbocycles. The molecule has 0 spiro atoms. The van der Waals surface area contributed by atoms with Crippen molar-refractivity contribution in [2.75, 3.05) is 0 Å². The van der Waals surface area contributed by atoms with Crippen molar-refractivity contribution >= 4 is 0 Å². The van der Waals surface area contributed by atoms with E-state index < -0.39 is 5.82 Å². The topological polar surface area (TPSA) is 43.4 Å². The lowest BCUT2D eigenvalue weighted by atomic mass is 10.3. The summed E-state index contributed by atoms with van der Waals surface area (Å²) < 4.78 is 9.26. The van der Waals surface area contributed by atoms with E-state index in [0.717, 1.165) is 0 Å². The molecule has 0 atom stereocenters. The molecule has 1 aromatic heterocycles. The Morgan fingerprint density at radius 2 is 2.30 bits per heavy atom. The number of aryl methyl sites for hydroxylation is 1. The maximum absolute atomic E-state index is 10.4. The molecule has 0 aliphatic heterocycles. The second kappa shape index (κ2) is 2.56. The van der Waals surface area contributed by atoms with E-state index in [-0.39, 0.29) is 0 Å². The molecule has 0 fully saturated rings. The van der Waals surface area contributed by atoms with Crippen molar-refractivity contribution in [3.63, 3.8) is 0 Å². The zero-order valence-electron chi connectivity index (χ0n) is 5.72. The minimum absolute atomic E-state index is 0.532. The largest absolute Gasteiger partial charge is 0.519 e. The van der Waals surface area contributed by atoms with Gasteiger partial charge in [0.2, 0.25) is 0 Å². The summed E-state index contributed by atoms with van der Waals surface area (Å²) in [5.74, 6) is 0.444. The maximum atomic E-state index is 10.4. The molecule has 0 unspecified atom stereocenters. The third-order valence-electron chi connectivity index (χ3n) is 1.17. The van der Waals surface area contributed by atoms with Gasteiger partial charge in [-0.1, -0.05) is 6.08 Å². The van der Waals surface area contributed by atoms with Gasteiger partial charge in [-0.3, -0.25) is 0 Å². The van der Waals surface area contributed by atoms with Crippen molar-refractivity contribution in [1.82, 2.24) is 0 Å². The molecule has 3 heteroatoms. The van der Waals surface area contributed by atoms with Crippen molar-refractivity contribution in [3.8, 4) is 0 Å². The van der Waals surface area contributed by atoms with Gasteiger partial charge in [-0.15, -0.1) is 6.58 Å². The van der Waals surface area contributed by atoms with Gasteiger partial charge in [-0.2, -0.15) is 0 Å². The van der Waals surface area contributed by atoms with Gasteiger partial charge in [-0.25, -0.2) is 4.79 Å². The molecule has 0 bridgehead atoms. The molecule has 1 aromatic rings. The van der Waals surface area contributed by atoms with E-state index in [4.69, 9.17) is 0 Å². The van der Waals surface area contributed by atoms with Gasteiger partial charge in [0.15, 0.2) is 5.76 Å². The smallest absolute Gasteiger partial charge is 0.396 e. The molecule has 3 nitrogen and oxygen atoms in total. The van der Waals surface area contributed by atoms with Crippen LogP contribution in [0, 0.1) is 6.92 Å². The van der Waals surface area contributed by atoms with Gasteiger partial charge >= 0.3 is 5.82 Å². The average molecular weight is 140 g/mol. The number of rotatable bonds is 2. The number of allylic oxidation sites excluding steroid dienone is 1. The van der Waals surface area contributed by atoms with Crippen LogP contribution in [0.2, 0.25) is 0 Å². The summed E-state index contributed by atoms with van der Waals surface area (Å²) in [4.78, 5) is 10.4. The second-order valence-corrected chi connectivity index (χ2v) is 1.93. The molecule has 1 rings (SSSR count). The van der Waals surface area contributed by atoms with Gasteiger partial charge in [-0.05, 0) is 6.92 Å². The van der Waals surface area contributed by atoms with Crippen molar-refractivity contribution in [2.45, 2.75) is 13.3 Å². The third-order valence-corrected chi connectivity index (χ3v) is 1.17. The van der Waals surface area contributed by atoms with E-state index in [0.29, 0.717) is 17.9 Å². The number of hydrogen-bond donors (Lipinski definition) is 0. The summed E-state index contributed by atoms with van der Waals surface area (Å²) in [7, 11) is 0. The van der Waals surface area contributed by atoms with E-state index in [2.05, 4.69) is 15.4 Å². The Balaban J connectivity index is 3.02. The highest BCUT2D eigenvalue weighted by atomic mass is 16.6. The normalized spacial score (nSPS) is 9.70. The van der Waals surface area contributed by atoms with Crippen LogP contribution in [0.25, 0.3) is 0 Å². The molecular weight excluding hydrogens is 132 g/mol. The van der Waals surface area contributed by atoms with Crippen molar-refractivity contribution in [1.29, 1.82) is 0 Å². The fourth-order valence-corrected chi connectivity index (χ4v) is 0.692. The molecule has 0 N–H and O–H groups in total. The molecule has 0 saturated carbocycles. The van der Waals surface area contributed by atoms with Crippen LogP contribution in [0.1, 0.15) is 11.5 Å². The van der Waals surface area contributed by atoms with Crippen LogP contribution in [-0.2, 0) is 6.42 Å². The molecule has 0 aliphatic rings. The molecule has 1 heterocycles. The van der Waals surface area contributed by atoms with E-state index >= 15 is 0 Å². The summed E-state index contributed by atoms with van der Waals surface area (Å²) in [5, 5.41) is 0. The molecule has 10 heavy (non-hydrogen) atoms. The zero-order valence-corrected chi connectivity index (χ0v) is 5.72. The minimum Gasteiger partial charge on any atom is -0.396 e. The Bertz CT molecular complexity index is 279. The van der Waals surface area contributed by atoms with E-state index in [1.807, 2.05) is 0 Å². The first-order valence-corrected chi connectivity index (χ1v) is 2.94. The predicted molar refractivity (Wildman–Crippen MR) is 35.9 cm³/mol. The molecule has 0 aliphatic carbocycles. The van der Waals surface area contributed by atoms with Crippen LogP contribution in [0.15, 0.2) is 26.3 Å². The van der Waals surface area contributed by atoms with E-state index in [9.17, 15) is 4.79 Å². The molecule has 0 amide bonds. The Kier molecular flexibility index (Phi) is 1.76. The van der Waals surface area contributed by atoms with Crippen LogP contribution in [0.5, 0.6) is 0 Å². The fraction of sp³-hybridized carbons (Fsp3) is 0.286. The molecular formula is C7H8O3. The van der Waals surface area contributed by atoms with Crippen molar-refractivity contribution in [2.24, 2.45) is 0 Å². The Morgan fingerprint density at radius 3 is 2.70 bits per heavy atom. The summed E-state index contributed by atoms with van der Waals surface area (Å²) in [5.41, 5.74) is 0. The summed E-state index contributed by atoms with van der Waals surface area (Å²) in [6.07, 6.45) is 2.19. The van der Waals surface area contributed by atoms with Crippen LogP contribution in [0.4, 0.5) is 0 Å². The van der Waals surface area contributed by atoms with Crippen LogP contribution in [-0.4, -0.2) is 0 Å². The first-order valence-electron chi connectivity index (χ1n) is 2.94. The standard InChI is InChI=1S/C7H8O3/c1-3-4-6-5(2)9-7(8)10-6/h3H,1,4H2,2H3. The monoisotopic (exact) mass is 140 g/mol. The summed E-state index contributed by atoms with van der Waals surface area (Å²) in [6.45, 7) is 5.19. The Morgan fingerprint density at radius 1 is 1.60 bits per heavy atom. The van der Waals surface area contributed by atoms with Gasteiger partial charge in [0.25, 0.3) is 0 Å². The van der Waals surface area contributed by atoms with Crippen LogP contribution >= 0.6 is 0 Å². The fourth-order valence-electron chi connectivity index (χ4n) is 0.692. The molecule has 54 valence electrons. The van der Waals surface area contributed by atoms with Crippen molar-refractivity contribution in [3.05, 3.63) is 34.8 Å².